The Labute approximate surface area is 120 Å². The number of nitrogens with one attached hydrogen (secondary N) is 2. The highest BCUT2D eigenvalue weighted by Gasteiger charge is 2.31. The van der Waals surface area contributed by atoms with Gasteiger partial charge in [0.05, 0.1) is 12.2 Å². The predicted molar refractivity (Wildman–Crippen MR) is 75.6 cm³/mol. The Morgan fingerprint density at radius 2 is 1.75 bits per heavy atom. The summed E-state index contributed by atoms with van der Waals surface area (Å²) in [6.07, 6.45) is 1.40. The van der Waals surface area contributed by atoms with Gasteiger partial charge in [-0.3, -0.25) is 9.59 Å². The van der Waals surface area contributed by atoms with Gasteiger partial charge in [0.2, 0.25) is 15.9 Å². The van der Waals surface area contributed by atoms with Crippen molar-refractivity contribution in [3.05, 3.63) is 0 Å². The number of carboxylic acid groups (broad SMARTS) is 1. The zero-order valence-electron chi connectivity index (χ0n) is 12.6. The van der Waals surface area contributed by atoms with Crippen molar-refractivity contribution in [3.63, 3.8) is 0 Å². The summed E-state index contributed by atoms with van der Waals surface area (Å²) in [5, 5.41) is 11.5. The standard InChI is InChI=1S/C12H24N2O5S/c1-8(2)6-9(10(15)16)7-13-11(17)12(3,4)14-20(5,18)19/h8-9,14H,6-7H2,1-5H3,(H,13,17)(H,15,16). The second-order valence-electron chi connectivity index (χ2n) is 5.87. The minimum Gasteiger partial charge on any atom is -0.481 e. The van der Waals surface area contributed by atoms with E-state index in [1.165, 1.54) is 13.8 Å². The molecular weight excluding hydrogens is 284 g/mol. The maximum atomic E-state index is 11.9. The maximum absolute atomic E-state index is 11.9. The molecule has 0 aliphatic heterocycles. The molecule has 0 spiro atoms. The third kappa shape index (κ3) is 7.44. The molecule has 1 amide bonds. The molecule has 1 unspecified atom stereocenters. The SMILES string of the molecule is CC(C)CC(CNC(=O)C(C)(C)NS(C)(=O)=O)C(=O)O. The van der Waals surface area contributed by atoms with Crippen LogP contribution in [0.15, 0.2) is 0 Å². The summed E-state index contributed by atoms with van der Waals surface area (Å²) in [7, 11) is -3.53. The van der Waals surface area contributed by atoms with Crippen molar-refractivity contribution < 1.29 is 23.1 Å². The molecule has 0 saturated carbocycles. The van der Waals surface area contributed by atoms with Crippen LogP contribution in [0.4, 0.5) is 0 Å². The number of carbonyl (C=O) groups is 2. The normalized spacial score (nSPS) is 14.1. The quantitative estimate of drug-likeness (QED) is 0.592. The van der Waals surface area contributed by atoms with Crippen LogP contribution in [0, 0.1) is 11.8 Å². The number of hydrogen-bond acceptors (Lipinski definition) is 4. The van der Waals surface area contributed by atoms with Gasteiger partial charge in [0.25, 0.3) is 0 Å². The van der Waals surface area contributed by atoms with Crippen LogP contribution in [-0.2, 0) is 19.6 Å². The Bertz CT molecular complexity index is 456. The largest absolute Gasteiger partial charge is 0.481 e. The molecule has 7 nitrogen and oxygen atoms in total. The Balaban J connectivity index is 4.63. The third-order valence-corrected chi connectivity index (χ3v) is 3.50. The molecule has 0 bridgehead atoms. The fourth-order valence-electron chi connectivity index (χ4n) is 1.79. The Morgan fingerprint density at radius 1 is 1.25 bits per heavy atom. The fraction of sp³-hybridized carbons (Fsp3) is 0.833. The van der Waals surface area contributed by atoms with Crippen LogP contribution in [0.2, 0.25) is 0 Å². The lowest BCUT2D eigenvalue weighted by atomic mass is 9.96. The summed E-state index contributed by atoms with van der Waals surface area (Å²) in [6.45, 7) is 6.60. The van der Waals surface area contributed by atoms with Gasteiger partial charge in [-0.15, -0.1) is 0 Å². The Kier molecular flexibility index (Phi) is 6.63. The van der Waals surface area contributed by atoms with Crippen molar-refractivity contribution >= 4 is 21.9 Å². The van der Waals surface area contributed by atoms with E-state index in [2.05, 4.69) is 10.0 Å². The van der Waals surface area contributed by atoms with Gasteiger partial charge in [0, 0.05) is 6.54 Å². The van der Waals surface area contributed by atoms with Crippen LogP contribution < -0.4 is 10.0 Å². The van der Waals surface area contributed by atoms with Crippen molar-refractivity contribution in [2.45, 2.75) is 39.7 Å². The van der Waals surface area contributed by atoms with E-state index < -0.39 is 33.4 Å². The van der Waals surface area contributed by atoms with E-state index in [0.717, 1.165) is 6.26 Å². The monoisotopic (exact) mass is 308 g/mol. The maximum Gasteiger partial charge on any atom is 0.308 e. The lowest BCUT2D eigenvalue weighted by Crippen LogP contribution is -2.55. The summed E-state index contributed by atoms with van der Waals surface area (Å²) in [5.74, 6) is -2.03. The molecule has 0 aliphatic rings. The third-order valence-electron chi connectivity index (χ3n) is 2.62. The van der Waals surface area contributed by atoms with E-state index in [0.29, 0.717) is 6.42 Å². The van der Waals surface area contributed by atoms with Crippen LogP contribution in [0.25, 0.3) is 0 Å². The molecule has 0 aromatic carbocycles. The van der Waals surface area contributed by atoms with Crippen molar-refractivity contribution in [3.8, 4) is 0 Å². The molecule has 0 aromatic rings. The van der Waals surface area contributed by atoms with Crippen molar-refractivity contribution in [1.29, 1.82) is 0 Å². The number of carbonyl (C=O) groups excluding carboxylic acids is 1. The van der Waals surface area contributed by atoms with Gasteiger partial charge in [-0.1, -0.05) is 13.8 Å². The van der Waals surface area contributed by atoms with Crippen molar-refractivity contribution in [1.82, 2.24) is 10.0 Å². The number of sulfonamides is 1. The van der Waals surface area contributed by atoms with E-state index in [9.17, 15) is 18.0 Å². The highest BCUT2D eigenvalue weighted by atomic mass is 32.2. The molecule has 0 rings (SSSR count). The molecule has 118 valence electrons. The highest BCUT2D eigenvalue weighted by Crippen LogP contribution is 2.12. The van der Waals surface area contributed by atoms with Crippen LogP contribution in [-0.4, -0.2) is 43.7 Å². The predicted octanol–water partition coefficient (Wildman–Crippen LogP) is 0.177. The average Bonchev–Trinajstić information content (AvgIpc) is 2.19. The summed E-state index contributed by atoms with van der Waals surface area (Å²) >= 11 is 0. The lowest BCUT2D eigenvalue weighted by molar-refractivity contribution is -0.142. The number of carboxylic acids is 1. The van der Waals surface area contributed by atoms with Gasteiger partial charge >= 0.3 is 5.97 Å². The second-order valence-corrected chi connectivity index (χ2v) is 7.62. The van der Waals surface area contributed by atoms with E-state index in [4.69, 9.17) is 5.11 Å². The minimum atomic E-state index is -3.53. The van der Waals surface area contributed by atoms with Crippen LogP contribution >= 0.6 is 0 Å². The molecular formula is C12H24N2O5S. The first-order chi connectivity index (χ1) is 8.85. The summed E-state index contributed by atoms with van der Waals surface area (Å²) < 4.78 is 24.5. The van der Waals surface area contributed by atoms with Crippen molar-refractivity contribution in [2.75, 3.05) is 12.8 Å². The number of rotatable bonds is 8. The molecule has 20 heavy (non-hydrogen) atoms. The second kappa shape index (κ2) is 7.03. The average molecular weight is 308 g/mol. The molecule has 0 fully saturated rings. The van der Waals surface area contributed by atoms with Crippen molar-refractivity contribution in [2.24, 2.45) is 11.8 Å². The Morgan fingerprint density at radius 3 is 2.10 bits per heavy atom. The first kappa shape index (κ1) is 18.9. The van der Waals surface area contributed by atoms with E-state index in [-0.39, 0.29) is 12.5 Å². The molecule has 8 heteroatoms. The van der Waals surface area contributed by atoms with Gasteiger partial charge in [-0.05, 0) is 26.2 Å². The molecule has 0 aliphatic carbocycles. The highest BCUT2D eigenvalue weighted by molar-refractivity contribution is 7.88. The molecule has 0 saturated heterocycles. The lowest BCUT2D eigenvalue weighted by Gasteiger charge is -2.25. The molecule has 3 N–H and O–H groups in total. The molecule has 0 radical (unpaired) electrons. The zero-order valence-corrected chi connectivity index (χ0v) is 13.4. The number of hydrogen-bond donors (Lipinski definition) is 3. The number of aliphatic carboxylic acids is 1. The summed E-state index contributed by atoms with van der Waals surface area (Å²) in [4.78, 5) is 23.0. The summed E-state index contributed by atoms with van der Waals surface area (Å²) in [5.41, 5.74) is -1.32. The van der Waals surface area contributed by atoms with Gasteiger partial charge in [-0.25, -0.2) is 13.1 Å². The first-order valence-corrected chi connectivity index (χ1v) is 8.24. The number of amides is 1. The van der Waals surface area contributed by atoms with E-state index in [1.54, 1.807) is 0 Å². The van der Waals surface area contributed by atoms with Gasteiger partial charge in [0.15, 0.2) is 0 Å². The summed E-state index contributed by atoms with van der Waals surface area (Å²) in [6, 6.07) is 0. The van der Waals surface area contributed by atoms with Crippen LogP contribution in [0.3, 0.4) is 0 Å². The van der Waals surface area contributed by atoms with Gasteiger partial charge < -0.3 is 10.4 Å². The molecule has 0 heterocycles. The van der Waals surface area contributed by atoms with Crippen LogP contribution in [0.5, 0.6) is 0 Å². The molecule has 1 atom stereocenters. The minimum absolute atomic E-state index is 0.0266. The van der Waals surface area contributed by atoms with Gasteiger partial charge in [-0.2, -0.15) is 0 Å². The topological polar surface area (TPSA) is 113 Å². The van der Waals surface area contributed by atoms with E-state index in [1.807, 2.05) is 13.8 Å². The molecule has 0 aromatic heterocycles. The smallest absolute Gasteiger partial charge is 0.308 e. The Hall–Kier alpha value is -1.15. The van der Waals surface area contributed by atoms with E-state index >= 15 is 0 Å². The zero-order chi connectivity index (χ0) is 16.1. The fourth-order valence-corrected chi connectivity index (χ4v) is 2.81. The van der Waals surface area contributed by atoms with Gasteiger partial charge in [0.1, 0.15) is 5.54 Å². The first-order valence-electron chi connectivity index (χ1n) is 6.35. The van der Waals surface area contributed by atoms with Crippen LogP contribution in [0.1, 0.15) is 34.1 Å².